The normalized spacial score (nSPS) is 4.50. The van der Waals surface area contributed by atoms with E-state index in [4.69, 9.17) is 0 Å². The molecule has 0 amide bonds. The first kappa shape index (κ1) is 66.9. The van der Waals surface area contributed by atoms with Crippen LogP contribution in [-0.4, -0.2) is 0 Å². The molecule has 0 fully saturated rings. The lowest BCUT2D eigenvalue weighted by atomic mass is 10.4. The van der Waals surface area contributed by atoms with Gasteiger partial charge in [-0.1, -0.05) is 138 Å². The van der Waals surface area contributed by atoms with E-state index in [9.17, 15) is 0 Å². The highest BCUT2D eigenvalue weighted by atomic mass is 19.0. The monoisotopic (exact) mass is 350 g/mol. The lowest BCUT2D eigenvalue weighted by Gasteiger charge is -1.69. The molecule has 0 radical (unpaired) electrons. The summed E-state index contributed by atoms with van der Waals surface area (Å²) >= 11 is 0. The van der Waals surface area contributed by atoms with Crippen molar-refractivity contribution in [2.75, 3.05) is 0 Å². The maximum atomic E-state index is 2.00. The highest BCUT2D eigenvalue weighted by Crippen LogP contribution is 1.80. The Balaban J connectivity index is -0.0000000133. The van der Waals surface area contributed by atoms with E-state index in [1.165, 1.54) is 0 Å². The zero-order chi connectivity index (χ0) is 12.5. The zero-order valence-corrected chi connectivity index (χ0v) is 12.8. The summed E-state index contributed by atoms with van der Waals surface area (Å²) in [6, 6.07) is 24.0. The molecule has 0 unspecified atom stereocenters. The van der Waals surface area contributed by atoms with E-state index < -0.39 is 0 Å². The SMILES string of the molecule is C.C.C.C.C.CC.CC.F.N.N.c1ccccc1.c1ccccc1. The largest absolute Gasteiger partial charge is 0.344 e. The maximum absolute atomic E-state index is 2.00. The fourth-order valence-corrected chi connectivity index (χ4v) is 0.770. The first-order chi connectivity index (χ1) is 8.00. The van der Waals surface area contributed by atoms with Crippen LogP contribution in [0.25, 0.3) is 0 Å². The van der Waals surface area contributed by atoms with E-state index in [0.717, 1.165) is 0 Å². The van der Waals surface area contributed by atoms with Crippen molar-refractivity contribution in [2.45, 2.75) is 64.8 Å². The quantitative estimate of drug-likeness (QED) is 0.497. The fraction of sp³-hybridized carbons (Fsp3) is 0.429. The molecule has 0 aromatic heterocycles. The summed E-state index contributed by atoms with van der Waals surface area (Å²) < 4.78 is 0. The zero-order valence-electron chi connectivity index (χ0n) is 12.8. The molecule has 24 heavy (non-hydrogen) atoms. The molecule has 2 aromatic rings. The van der Waals surface area contributed by atoms with Crippen molar-refractivity contribution in [3.05, 3.63) is 72.8 Å². The van der Waals surface area contributed by atoms with Crippen molar-refractivity contribution in [3.8, 4) is 0 Å². The van der Waals surface area contributed by atoms with Gasteiger partial charge < -0.3 is 12.3 Å². The van der Waals surface area contributed by atoms with Crippen molar-refractivity contribution in [2.24, 2.45) is 0 Å². The molecule has 2 aromatic carbocycles. The highest BCUT2D eigenvalue weighted by Gasteiger charge is 1.58. The van der Waals surface area contributed by atoms with Crippen molar-refractivity contribution in [1.82, 2.24) is 12.3 Å². The van der Waals surface area contributed by atoms with Crippen LogP contribution in [-0.2, 0) is 0 Å². The smallest absolute Gasteiger partial charge is 0.0623 e. The molecule has 0 heterocycles. The van der Waals surface area contributed by atoms with E-state index in [-0.39, 0.29) is 54.1 Å². The van der Waals surface area contributed by atoms with E-state index in [1.807, 2.05) is 100 Å². The Bertz CT molecular complexity index is 191. The van der Waals surface area contributed by atoms with Gasteiger partial charge in [-0.15, -0.1) is 0 Å². The van der Waals surface area contributed by atoms with Gasteiger partial charge in [0.05, 0.1) is 0 Å². The van der Waals surface area contributed by atoms with Crippen molar-refractivity contribution in [3.63, 3.8) is 0 Å². The lowest BCUT2D eigenvalue weighted by Crippen LogP contribution is -1.47. The van der Waals surface area contributed by atoms with Crippen LogP contribution >= 0.6 is 0 Å². The average molecular weight is 351 g/mol. The first-order valence-corrected chi connectivity index (χ1v) is 6.00. The second kappa shape index (κ2) is 82.8. The molecule has 6 N–H and O–H groups in total. The Morgan fingerprint density at radius 1 is 0.292 bits per heavy atom. The number of hydrogen-bond donors (Lipinski definition) is 2. The van der Waals surface area contributed by atoms with E-state index in [1.54, 1.807) is 0 Å². The Kier molecular flexibility index (Phi) is 231. The van der Waals surface area contributed by atoms with Gasteiger partial charge in [0.2, 0.25) is 0 Å². The lowest BCUT2D eigenvalue weighted by molar-refractivity contribution is 1.11. The molecular formula is C21H51FN2. The number of rotatable bonds is 0. The summed E-state index contributed by atoms with van der Waals surface area (Å²) in [6.45, 7) is 8.00. The van der Waals surface area contributed by atoms with E-state index >= 15 is 0 Å². The molecular weight excluding hydrogens is 299 g/mol. The highest BCUT2D eigenvalue weighted by molar-refractivity contribution is 4.99. The second-order valence-electron chi connectivity index (χ2n) is 2.31. The summed E-state index contributed by atoms with van der Waals surface area (Å²) in [5.41, 5.74) is 0. The van der Waals surface area contributed by atoms with Crippen LogP contribution in [0, 0.1) is 0 Å². The van der Waals surface area contributed by atoms with Crippen molar-refractivity contribution in [1.29, 1.82) is 0 Å². The van der Waals surface area contributed by atoms with Gasteiger partial charge in [-0.3, -0.25) is 4.70 Å². The minimum Gasteiger partial charge on any atom is -0.344 e. The van der Waals surface area contributed by atoms with Crippen molar-refractivity contribution < 1.29 is 4.70 Å². The summed E-state index contributed by atoms with van der Waals surface area (Å²) in [6.07, 6.45) is 0. The van der Waals surface area contributed by atoms with Gasteiger partial charge in [-0.05, 0) is 0 Å². The molecule has 0 aliphatic rings. The first-order valence-electron chi connectivity index (χ1n) is 6.00. The van der Waals surface area contributed by atoms with Gasteiger partial charge in [-0.25, -0.2) is 0 Å². The number of halogens is 1. The molecule has 0 spiro atoms. The maximum Gasteiger partial charge on any atom is -0.0623 e. The Morgan fingerprint density at radius 2 is 0.333 bits per heavy atom. The topological polar surface area (TPSA) is 70.0 Å². The standard InChI is InChI=1S/2C6H6.2C2H6.5CH4.FH.2H3N/c2*1-2-4-6-5-3-1;2*1-2;;;;;;;;/h2*1-6H;2*1-2H3;5*1H4;1H;2*1H3. The van der Waals surface area contributed by atoms with Crippen LogP contribution in [0.4, 0.5) is 4.70 Å². The molecule has 0 atom stereocenters. The Labute approximate surface area is 155 Å². The molecule has 152 valence electrons. The number of benzene rings is 2. The Hall–Kier alpha value is -1.71. The predicted molar refractivity (Wildman–Crippen MR) is 122 cm³/mol. The third kappa shape index (κ3) is 71.3. The summed E-state index contributed by atoms with van der Waals surface area (Å²) in [4.78, 5) is 0. The van der Waals surface area contributed by atoms with Crippen LogP contribution in [0.5, 0.6) is 0 Å². The van der Waals surface area contributed by atoms with Gasteiger partial charge in [0.25, 0.3) is 0 Å². The van der Waals surface area contributed by atoms with Gasteiger partial charge >= 0.3 is 0 Å². The summed E-state index contributed by atoms with van der Waals surface area (Å²) in [7, 11) is 0. The predicted octanol–water partition coefficient (Wildman–Crippen LogP) is 9.08. The van der Waals surface area contributed by atoms with Crippen molar-refractivity contribution >= 4 is 0 Å². The van der Waals surface area contributed by atoms with Gasteiger partial charge in [-0.2, -0.15) is 0 Å². The minimum atomic E-state index is 0. The number of hydrogen-bond acceptors (Lipinski definition) is 2. The van der Waals surface area contributed by atoms with Crippen LogP contribution in [0.2, 0.25) is 0 Å². The van der Waals surface area contributed by atoms with Crippen LogP contribution in [0.15, 0.2) is 72.8 Å². The molecule has 0 aliphatic carbocycles. The molecule has 0 bridgehead atoms. The Morgan fingerprint density at radius 3 is 0.375 bits per heavy atom. The molecule has 2 rings (SSSR count). The third-order valence-corrected chi connectivity index (χ3v) is 1.33. The molecule has 2 nitrogen and oxygen atoms in total. The van der Waals surface area contributed by atoms with Gasteiger partial charge in [0, 0.05) is 0 Å². The molecule has 0 aliphatic heterocycles. The van der Waals surface area contributed by atoms with Gasteiger partial charge in [0.15, 0.2) is 0 Å². The van der Waals surface area contributed by atoms with Crippen LogP contribution in [0.3, 0.4) is 0 Å². The third-order valence-electron chi connectivity index (χ3n) is 1.33. The molecule has 0 saturated carbocycles. The minimum absolute atomic E-state index is 0. The summed E-state index contributed by atoms with van der Waals surface area (Å²) in [5.74, 6) is 0. The molecule has 3 heteroatoms. The van der Waals surface area contributed by atoms with Crippen LogP contribution < -0.4 is 12.3 Å². The average Bonchev–Trinajstić information content (AvgIpc) is 2.48. The van der Waals surface area contributed by atoms with Crippen LogP contribution in [0.1, 0.15) is 64.8 Å². The fourth-order valence-electron chi connectivity index (χ4n) is 0.770. The van der Waals surface area contributed by atoms with E-state index in [2.05, 4.69) is 0 Å². The van der Waals surface area contributed by atoms with E-state index in [0.29, 0.717) is 0 Å². The molecule has 0 saturated heterocycles. The summed E-state index contributed by atoms with van der Waals surface area (Å²) in [5, 5.41) is 0. The second-order valence-corrected chi connectivity index (χ2v) is 2.31. The van der Waals surface area contributed by atoms with Gasteiger partial charge in [0.1, 0.15) is 0 Å².